The third kappa shape index (κ3) is 3.15. The molecule has 114 valence electrons. The van der Waals surface area contributed by atoms with Gasteiger partial charge in [0, 0.05) is 17.8 Å². The van der Waals surface area contributed by atoms with Crippen LogP contribution in [0.4, 0.5) is 11.4 Å². The summed E-state index contributed by atoms with van der Waals surface area (Å²) in [6, 6.07) is 5.70. The predicted molar refractivity (Wildman–Crippen MR) is 83.3 cm³/mol. The molecule has 0 spiro atoms. The second kappa shape index (κ2) is 5.83. The summed E-state index contributed by atoms with van der Waals surface area (Å²) in [5.41, 5.74) is 6.79. The number of amides is 1. The summed E-state index contributed by atoms with van der Waals surface area (Å²) < 4.78 is 0. The van der Waals surface area contributed by atoms with Crippen molar-refractivity contribution in [2.24, 2.45) is 0 Å². The second-order valence-electron chi connectivity index (χ2n) is 5.97. The Morgan fingerprint density at radius 2 is 2.05 bits per heavy atom. The number of benzene rings is 1. The van der Waals surface area contributed by atoms with Crippen molar-refractivity contribution in [1.82, 2.24) is 4.90 Å². The first-order valence-corrected chi connectivity index (χ1v) is 7.69. The molecule has 0 saturated carbocycles. The Morgan fingerprint density at radius 1 is 1.38 bits per heavy atom. The van der Waals surface area contributed by atoms with Gasteiger partial charge in [0.15, 0.2) is 0 Å². The fourth-order valence-corrected chi connectivity index (χ4v) is 3.73. The highest BCUT2D eigenvalue weighted by Gasteiger charge is 2.40. The molecule has 1 aromatic carbocycles. The highest BCUT2D eigenvalue weighted by Crippen LogP contribution is 2.35. The lowest BCUT2D eigenvalue weighted by molar-refractivity contribution is -0.119. The molecule has 2 atom stereocenters. The van der Waals surface area contributed by atoms with E-state index in [1.54, 1.807) is 18.2 Å². The molecule has 2 aliphatic heterocycles. The maximum Gasteiger partial charge on any atom is 0.238 e. The zero-order chi connectivity index (χ0) is 15.0. The quantitative estimate of drug-likeness (QED) is 0.745. The van der Waals surface area contributed by atoms with E-state index in [1.807, 2.05) is 0 Å². The largest absolute Gasteiger partial charge is 0.399 e. The average molecular weight is 310 g/mol. The van der Waals surface area contributed by atoms with Crippen LogP contribution in [-0.2, 0) is 4.79 Å². The van der Waals surface area contributed by atoms with Gasteiger partial charge in [0.1, 0.15) is 0 Å². The van der Waals surface area contributed by atoms with E-state index < -0.39 is 0 Å². The Labute approximate surface area is 129 Å². The lowest BCUT2D eigenvalue weighted by atomic mass is 10.00. The van der Waals surface area contributed by atoms with Gasteiger partial charge in [-0.25, -0.2) is 0 Å². The van der Waals surface area contributed by atoms with E-state index in [9.17, 15) is 9.90 Å². The number of rotatable bonds is 3. The summed E-state index contributed by atoms with van der Waals surface area (Å²) in [7, 11) is 0. The van der Waals surface area contributed by atoms with E-state index in [4.69, 9.17) is 17.3 Å². The molecule has 2 heterocycles. The SMILES string of the molecule is Nc1ccc(NC(=O)CN2C3CCC2CC(O)C3)c(Cl)c1. The van der Waals surface area contributed by atoms with Crippen molar-refractivity contribution in [1.29, 1.82) is 0 Å². The van der Waals surface area contributed by atoms with Gasteiger partial charge in [-0.05, 0) is 43.9 Å². The molecular weight excluding hydrogens is 290 g/mol. The van der Waals surface area contributed by atoms with Crippen molar-refractivity contribution in [3.63, 3.8) is 0 Å². The molecule has 5 nitrogen and oxygen atoms in total. The second-order valence-corrected chi connectivity index (χ2v) is 6.38. The Morgan fingerprint density at radius 3 is 2.67 bits per heavy atom. The van der Waals surface area contributed by atoms with Gasteiger partial charge >= 0.3 is 0 Å². The molecule has 21 heavy (non-hydrogen) atoms. The molecule has 1 amide bonds. The smallest absolute Gasteiger partial charge is 0.238 e. The first kappa shape index (κ1) is 14.6. The van der Waals surface area contributed by atoms with Gasteiger partial charge in [0.2, 0.25) is 5.91 Å². The van der Waals surface area contributed by atoms with Crippen LogP contribution in [0.3, 0.4) is 0 Å². The molecule has 3 rings (SSSR count). The fourth-order valence-electron chi connectivity index (χ4n) is 3.49. The molecule has 0 aliphatic carbocycles. The van der Waals surface area contributed by atoms with Crippen molar-refractivity contribution in [3.05, 3.63) is 23.2 Å². The van der Waals surface area contributed by atoms with Gasteiger partial charge in [0.25, 0.3) is 0 Å². The van der Waals surface area contributed by atoms with Gasteiger partial charge in [0.05, 0.1) is 23.4 Å². The summed E-state index contributed by atoms with van der Waals surface area (Å²) in [5.74, 6) is -0.0741. The van der Waals surface area contributed by atoms with E-state index in [0.717, 1.165) is 25.7 Å². The zero-order valence-electron chi connectivity index (χ0n) is 11.8. The number of hydrogen-bond acceptors (Lipinski definition) is 4. The van der Waals surface area contributed by atoms with Gasteiger partial charge in [-0.3, -0.25) is 9.69 Å². The number of aliphatic hydroxyl groups excluding tert-OH is 1. The van der Waals surface area contributed by atoms with Gasteiger partial charge in [-0.15, -0.1) is 0 Å². The number of anilines is 2. The molecule has 2 aliphatic rings. The van der Waals surface area contributed by atoms with Crippen molar-refractivity contribution in [3.8, 4) is 0 Å². The molecule has 2 fully saturated rings. The third-order valence-electron chi connectivity index (χ3n) is 4.45. The number of carbonyl (C=O) groups is 1. The number of hydrogen-bond donors (Lipinski definition) is 3. The Kier molecular flexibility index (Phi) is 4.06. The molecule has 0 aromatic heterocycles. The van der Waals surface area contributed by atoms with Gasteiger partial charge < -0.3 is 16.2 Å². The summed E-state index contributed by atoms with van der Waals surface area (Å²) in [6.45, 7) is 0.350. The molecular formula is C15H20ClN3O2. The van der Waals surface area contributed by atoms with Crippen molar-refractivity contribution in [2.75, 3.05) is 17.6 Å². The third-order valence-corrected chi connectivity index (χ3v) is 4.77. The van der Waals surface area contributed by atoms with Gasteiger partial charge in [-0.2, -0.15) is 0 Å². The molecule has 2 bridgehead atoms. The maximum atomic E-state index is 12.2. The summed E-state index contributed by atoms with van der Waals surface area (Å²) in [6.07, 6.45) is 3.46. The summed E-state index contributed by atoms with van der Waals surface area (Å²) >= 11 is 6.06. The van der Waals surface area contributed by atoms with Crippen molar-refractivity contribution < 1.29 is 9.90 Å². The molecule has 2 saturated heterocycles. The number of nitrogen functional groups attached to an aromatic ring is 1. The van der Waals surface area contributed by atoms with Crippen LogP contribution in [0.1, 0.15) is 25.7 Å². The number of halogens is 1. The highest BCUT2D eigenvalue weighted by molar-refractivity contribution is 6.34. The number of nitrogens with one attached hydrogen (secondary N) is 1. The lowest BCUT2D eigenvalue weighted by Gasteiger charge is -2.36. The maximum absolute atomic E-state index is 12.2. The van der Waals surface area contributed by atoms with Crippen LogP contribution in [0.25, 0.3) is 0 Å². The molecule has 1 aromatic rings. The predicted octanol–water partition coefficient (Wildman–Crippen LogP) is 1.85. The minimum absolute atomic E-state index is 0.0741. The van der Waals surface area contributed by atoms with Crippen molar-refractivity contribution in [2.45, 2.75) is 43.9 Å². The molecule has 0 radical (unpaired) electrons. The van der Waals surface area contributed by atoms with Crippen LogP contribution < -0.4 is 11.1 Å². The number of nitrogens with two attached hydrogens (primary N) is 1. The number of aliphatic hydroxyl groups is 1. The Balaban J connectivity index is 1.62. The standard InChI is InChI=1S/C15H20ClN3O2/c16-13-5-9(17)1-4-14(13)18-15(21)8-19-10-2-3-11(19)7-12(20)6-10/h1,4-5,10-12,20H,2-3,6-8,17H2,(H,18,21). The number of piperidine rings is 1. The summed E-state index contributed by atoms with van der Waals surface area (Å²) in [4.78, 5) is 14.4. The normalized spacial score (nSPS) is 28.6. The number of carbonyl (C=O) groups excluding carboxylic acids is 1. The Bertz CT molecular complexity index is 538. The fraction of sp³-hybridized carbons (Fsp3) is 0.533. The summed E-state index contributed by atoms with van der Waals surface area (Å²) in [5, 5.41) is 13.1. The lowest BCUT2D eigenvalue weighted by Crippen LogP contribution is -2.47. The van der Waals surface area contributed by atoms with Crippen LogP contribution in [0, 0.1) is 0 Å². The van der Waals surface area contributed by atoms with E-state index in [2.05, 4.69) is 10.2 Å². The minimum Gasteiger partial charge on any atom is -0.399 e. The van der Waals surface area contributed by atoms with Crippen LogP contribution in [0.5, 0.6) is 0 Å². The Hall–Kier alpha value is -1.30. The monoisotopic (exact) mass is 309 g/mol. The van der Waals surface area contributed by atoms with Crippen LogP contribution in [-0.4, -0.2) is 40.6 Å². The number of nitrogens with zero attached hydrogens (tertiary/aromatic N) is 1. The average Bonchev–Trinajstić information content (AvgIpc) is 2.66. The number of fused-ring (bicyclic) bond motifs is 2. The van der Waals surface area contributed by atoms with E-state index in [1.165, 1.54) is 0 Å². The zero-order valence-corrected chi connectivity index (χ0v) is 12.5. The first-order valence-electron chi connectivity index (χ1n) is 7.31. The molecule has 2 unspecified atom stereocenters. The highest BCUT2D eigenvalue weighted by atomic mass is 35.5. The van der Waals surface area contributed by atoms with E-state index >= 15 is 0 Å². The van der Waals surface area contributed by atoms with Gasteiger partial charge in [-0.1, -0.05) is 11.6 Å². The van der Waals surface area contributed by atoms with E-state index in [-0.39, 0.29) is 12.0 Å². The molecule has 4 N–H and O–H groups in total. The van der Waals surface area contributed by atoms with Crippen LogP contribution in [0.15, 0.2) is 18.2 Å². The van der Waals surface area contributed by atoms with E-state index in [0.29, 0.717) is 35.0 Å². The topological polar surface area (TPSA) is 78.6 Å². The molecule has 6 heteroatoms. The first-order chi connectivity index (χ1) is 10.0. The van der Waals surface area contributed by atoms with Crippen LogP contribution in [0.2, 0.25) is 5.02 Å². The minimum atomic E-state index is -0.214. The van der Waals surface area contributed by atoms with Crippen molar-refractivity contribution >= 4 is 28.9 Å². The van der Waals surface area contributed by atoms with Crippen LogP contribution >= 0.6 is 11.6 Å².